The Labute approximate surface area is 157 Å². The molecule has 0 atom stereocenters. The molecule has 3 heterocycles. The molecule has 0 unspecified atom stereocenters. The first-order valence-corrected chi connectivity index (χ1v) is 9.00. The van der Waals surface area contributed by atoms with Gasteiger partial charge in [0.1, 0.15) is 5.54 Å². The molecule has 8 nitrogen and oxygen atoms in total. The van der Waals surface area contributed by atoms with Crippen molar-refractivity contribution in [1.29, 1.82) is 0 Å². The second-order valence-electron chi connectivity index (χ2n) is 6.43. The van der Waals surface area contributed by atoms with Gasteiger partial charge in [-0.1, -0.05) is 15.9 Å². The van der Waals surface area contributed by atoms with Gasteiger partial charge in [0.05, 0.1) is 17.4 Å². The summed E-state index contributed by atoms with van der Waals surface area (Å²) in [5, 5.41) is 9.22. The number of carbonyl (C=O) groups excluding carboxylic acids is 3. The SMILES string of the molecule is O=C1NC(=O)C2(CCN(C(=O)c3cnn(-c4ccc(Br)cc4)c3)CC2)N1. The molecule has 2 fully saturated rings. The molecule has 2 aliphatic heterocycles. The molecule has 134 valence electrons. The summed E-state index contributed by atoms with van der Waals surface area (Å²) < 4.78 is 2.62. The van der Waals surface area contributed by atoms with E-state index in [1.165, 1.54) is 0 Å². The maximum atomic E-state index is 12.7. The van der Waals surface area contributed by atoms with Gasteiger partial charge in [0.15, 0.2) is 0 Å². The molecule has 26 heavy (non-hydrogen) atoms. The Hall–Kier alpha value is -2.68. The smallest absolute Gasteiger partial charge is 0.322 e. The molecule has 0 bridgehead atoms. The van der Waals surface area contributed by atoms with Crippen molar-refractivity contribution in [2.75, 3.05) is 13.1 Å². The van der Waals surface area contributed by atoms with Crippen molar-refractivity contribution in [1.82, 2.24) is 25.3 Å². The Bertz CT molecular complexity index is 884. The topological polar surface area (TPSA) is 96.3 Å². The number of amides is 4. The lowest BCUT2D eigenvalue weighted by Crippen LogP contribution is -2.55. The molecular formula is C17H16BrN5O3. The minimum Gasteiger partial charge on any atom is -0.338 e. The zero-order chi connectivity index (χ0) is 18.3. The number of nitrogens with zero attached hydrogens (tertiary/aromatic N) is 3. The van der Waals surface area contributed by atoms with Gasteiger partial charge >= 0.3 is 6.03 Å². The van der Waals surface area contributed by atoms with Gasteiger partial charge in [0, 0.05) is 23.8 Å². The number of piperidine rings is 1. The number of halogens is 1. The summed E-state index contributed by atoms with van der Waals surface area (Å²) in [5.41, 5.74) is 0.467. The van der Waals surface area contributed by atoms with E-state index in [0.717, 1.165) is 10.2 Å². The van der Waals surface area contributed by atoms with E-state index in [4.69, 9.17) is 0 Å². The van der Waals surface area contributed by atoms with Crippen molar-refractivity contribution in [3.05, 3.63) is 46.7 Å². The van der Waals surface area contributed by atoms with Gasteiger partial charge in [-0.05, 0) is 37.1 Å². The van der Waals surface area contributed by atoms with E-state index in [1.54, 1.807) is 22.0 Å². The average Bonchev–Trinajstić information content (AvgIpc) is 3.21. The molecule has 2 aromatic rings. The standard InChI is InChI=1S/C17H16BrN5O3/c18-12-1-3-13(4-2-12)23-10-11(9-19-23)14(24)22-7-5-17(6-8-22)15(25)20-16(26)21-17/h1-4,9-10H,5-8H2,(H2,20,21,25,26). The van der Waals surface area contributed by atoms with Gasteiger partial charge in [-0.25, -0.2) is 9.48 Å². The summed E-state index contributed by atoms with van der Waals surface area (Å²) >= 11 is 3.39. The largest absolute Gasteiger partial charge is 0.338 e. The van der Waals surface area contributed by atoms with E-state index in [2.05, 4.69) is 31.7 Å². The van der Waals surface area contributed by atoms with Gasteiger partial charge in [0.25, 0.3) is 11.8 Å². The lowest BCUT2D eigenvalue weighted by atomic mass is 9.87. The molecule has 0 radical (unpaired) electrons. The molecule has 2 saturated heterocycles. The average molecular weight is 418 g/mol. The lowest BCUT2D eigenvalue weighted by Gasteiger charge is -2.36. The van der Waals surface area contributed by atoms with Gasteiger partial charge < -0.3 is 10.2 Å². The Morgan fingerprint density at radius 1 is 1.15 bits per heavy atom. The van der Waals surface area contributed by atoms with Crippen LogP contribution in [-0.4, -0.2) is 51.2 Å². The molecular weight excluding hydrogens is 402 g/mol. The van der Waals surface area contributed by atoms with E-state index in [0.29, 0.717) is 31.5 Å². The quantitative estimate of drug-likeness (QED) is 0.722. The van der Waals surface area contributed by atoms with Crippen LogP contribution in [0.1, 0.15) is 23.2 Å². The monoisotopic (exact) mass is 417 g/mol. The minimum atomic E-state index is -0.879. The fraction of sp³-hybridized carbons (Fsp3) is 0.294. The third-order valence-electron chi connectivity index (χ3n) is 4.84. The van der Waals surface area contributed by atoms with Crippen molar-refractivity contribution < 1.29 is 14.4 Å². The maximum absolute atomic E-state index is 12.7. The molecule has 0 saturated carbocycles. The van der Waals surface area contributed by atoms with Crippen LogP contribution in [0.15, 0.2) is 41.1 Å². The second kappa shape index (κ2) is 6.24. The highest BCUT2D eigenvalue weighted by Crippen LogP contribution is 2.26. The number of imide groups is 1. The van der Waals surface area contributed by atoms with E-state index in [-0.39, 0.29) is 11.8 Å². The van der Waals surface area contributed by atoms with Gasteiger partial charge in [0.2, 0.25) is 0 Å². The van der Waals surface area contributed by atoms with E-state index >= 15 is 0 Å². The first kappa shape index (κ1) is 16.8. The summed E-state index contributed by atoms with van der Waals surface area (Å²) in [7, 11) is 0. The van der Waals surface area contributed by atoms with E-state index in [1.807, 2.05) is 24.3 Å². The predicted molar refractivity (Wildman–Crippen MR) is 95.8 cm³/mol. The zero-order valence-electron chi connectivity index (χ0n) is 13.7. The van der Waals surface area contributed by atoms with Crippen LogP contribution in [0.25, 0.3) is 5.69 Å². The Kier molecular flexibility index (Phi) is 4.03. The first-order chi connectivity index (χ1) is 12.5. The summed E-state index contributed by atoms with van der Waals surface area (Å²) in [6.45, 7) is 0.798. The minimum absolute atomic E-state index is 0.132. The fourth-order valence-electron chi connectivity index (χ4n) is 3.32. The molecule has 0 aliphatic carbocycles. The molecule has 9 heteroatoms. The van der Waals surface area contributed by atoms with Crippen molar-refractivity contribution in [3.63, 3.8) is 0 Å². The van der Waals surface area contributed by atoms with Crippen LogP contribution >= 0.6 is 15.9 Å². The molecule has 2 aliphatic rings. The molecule has 4 amide bonds. The first-order valence-electron chi connectivity index (χ1n) is 8.20. The fourth-order valence-corrected chi connectivity index (χ4v) is 3.59. The highest BCUT2D eigenvalue weighted by Gasteiger charge is 2.48. The Morgan fingerprint density at radius 3 is 2.46 bits per heavy atom. The summed E-state index contributed by atoms with van der Waals surface area (Å²) in [6, 6.07) is 7.15. The molecule has 1 aromatic carbocycles. The van der Waals surface area contributed by atoms with Crippen molar-refractivity contribution in [2.45, 2.75) is 18.4 Å². The summed E-state index contributed by atoms with van der Waals surface area (Å²) in [6.07, 6.45) is 4.03. The number of hydrogen-bond acceptors (Lipinski definition) is 4. The Balaban J connectivity index is 1.45. The van der Waals surface area contributed by atoms with E-state index < -0.39 is 11.6 Å². The highest BCUT2D eigenvalue weighted by molar-refractivity contribution is 9.10. The number of urea groups is 1. The number of carbonyl (C=O) groups is 3. The number of aromatic nitrogens is 2. The zero-order valence-corrected chi connectivity index (χ0v) is 15.3. The lowest BCUT2D eigenvalue weighted by molar-refractivity contribution is -0.125. The third-order valence-corrected chi connectivity index (χ3v) is 5.37. The van der Waals surface area contributed by atoms with Crippen LogP contribution in [0.5, 0.6) is 0 Å². The van der Waals surface area contributed by atoms with E-state index in [9.17, 15) is 14.4 Å². The number of hydrogen-bond donors (Lipinski definition) is 2. The number of rotatable bonds is 2. The highest BCUT2D eigenvalue weighted by atomic mass is 79.9. The number of likely N-dealkylation sites (tertiary alicyclic amines) is 1. The third kappa shape index (κ3) is 2.88. The maximum Gasteiger partial charge on any atom is 0.322 e. The second-order valence-corrected chi connectivity index (χ2v) is 7.35. The molecule has 2 N–H and O–H groups in total. The normalized spacial score (nSPS) is 18.7. The van der Waals surface area contributed by atoms with Crippen LogP contribution < -0.4 is 10.6 Å². The van der Waals surface area contributed by atoms with Crippen LogP contribution in [0.2, 0.25) is 0 Å². The Morgan fingerprint density at radius 2 is 1.85 bits per heavy atom. The number of nitrogens with one attached hydrogen (secondary N) is 2. The summed E-state index contributed by atoms with van der Waals surface area (Å²) in [5.74, 6) is -0.439. The van der Waals surface area contributed by atoms with Crippen LogP contribution in [-0.2, 0) is 4.79 Å². The van der Waals surface area contributed by atoms with Crippen molar-refractivity contribution >= 4 is 33.8 Å². The van der Waals surface area contributed by atoms with Crippen LogP contribution in [0.4, 0.5) is 4.79 Å². The number of benzene rings is 1. The summed E-state index contributed by atoms with van der Waals surface area (Å²) in [4.78, 5) is 37.8. The van der Waals surface area contributed by atoms with Gasteiger partial charge in [-0.3, -0.25) is 14.9 Å². The van der Waals surface area contributed by atoms with Crippen LogP contribution in [0, 0.1) is 0 Å². The van der Waals surface area contributed by atoms with Gasteiger partial charge in [-0.15, -0.1) is 0 Å². The van der Waals surface area contributed by atoms with Crippen LogP contribution in [0.3, 0.4) is 0 Å². The molecule has 1 spiro atoms. The van der Waals surface area contributed by atoms with Gasteiger partial charge in [-0.2, -0.15) is 5.10 Å². The van der Waals surface area contributed by atoms with Crippen molar-refractivity contribution in [3.8, 4) is 5.69 Å². The molecule has 4 rings (SSSR count). The predicted octanol–water partition coefficient (Wildman–Crippen LogP) is 1.45. The molecule has 1 aromatic heterocycles. The van der Waals surface area contributed by atoms with Crippen molar-refractivity contribution in [2.24, 2.45) is 0 Å².